The Morgan fingerprint density at radius 1 is 0.969 bits per heavy atom. The molecule has 0 saturated carbocycles. The lowest BCUT2D eigenvalue weighted by atomic mass is 9.95. The zero-order valence-corrected chi connectivity index (χ0v) is 19.0. The molecule has 4 rings (SSSR count). The van der Waals surface area contributed by atoms with Crippen molar-refractivity contribution < 1.29 is 4.79 Å². The van der Waals surface area contributed by atoms with Crippen LogP contribution in [-0.2, 0) is 4.79 Å². The van der Waals surface area contributed by atoms with Gasteiger partial charge in [-0.05, 0) is 54.8 Å². The molecule has 164 valence electrons. The predicted octanol–water partition coefficient (Wildman–Crippen LogP) is 5.60. The summed E-state index contributed by atoms with van der Waals surface area (Å²) < 4.78 is 0. The molecule has 0 radical (unpaired) electrons. The van der Waals surface area contributed by atoms with Crippen molar-refractivity contribution in [3.63, 3.8) is 0 Å². The minimum absolute atomic E-state index is 0.0250. The first-order valence-corrected chi connectivity index (χ1v) is 11.2. The Bertz CT molecular complexity index is 1120. The number of amidine groups is 1. The lowest BCUT2D eigenvalue weighted by Crippen LogP contribution is -2.42. The van der Waals surface area contributed by atoms with Crippen LogP contribution >= 0.6 is 23.2 Å². The van der Waals surface area contributed by atoms with Crippen LogP contribution in [0.2, 0.25) is 10.0 Å². The van der Waals surface area contributed by atoms with Gasteiger partial charge in [-0.25, -0.2) is 0 Å². The van der Waals surface area contributed by atoms with E-state index in [1.807, 2.05) is 18.2 Å². The number of nitrogens with one attached hydrogen (secondary N) is 2. The summed E-state index contributed by atoms with van der Waals surface area (Å²) in [5.74, 6) is -0.316. The molecule has 0 spiro atoms. The van der Waals surface area contributed by atoms with E-state index in [0.29, 0.717) is 26.9 Å². The number of hydrogen-bond donors (Lipinski definition) is 3. The third kappa shape index (κ3) is 4.74. The first-order chi connectivity index (χ1) is 15.4. The number of piperidine rings is 1. The Hall–Kier alpha value is -3.02. The van der Waals surface area contributed by atoms with Crippen molar-refractivity contribution in [2.75, 3.05) is 23.7 Å². The molecule has 7 heteroatoms. The fraction of sp³-hybridized carbons (Fsp3) is 0.200. The normalized spacial score (nSPS) is 14.2. The molecule has 0 bridgehead atoms. The van der Waals surface area contributed by atoms with Gasteiger partial charge < -0.3 is 16.0 Å². The Labute approximate surface area is 197 Å². The number of nitrogen functional groups attached to an aromatic ring is 1. The molecule has 1 fully saturated rings. The molecule has 4 N–H and O–H groups in total. The molecule has 1 amide bonds. The van der Waals surface area contributed by atoms with Gasteiger partial charge in [-0.1, -0.05) is 53.5 Å². The molecular weight excluding hydrogens is 443 g/mol. The van der Waals surface area contributed by atoms with Crippen molar-refractivity contribution in [2.24, 2.45) is 5.92 Å². The van der Waals surface area contributed by atoms with E-state index >= 15 is 0 Å². The van der Waals surface area contributed by atoms with Crippen molar-refractivity contribution >= 4 is 46.3 Å². The fourth-order valence-corrected chi connectivity index (χ4v) is 4.65. The number of hydrogen-bond acceptors (Lipinski definition) is 4. The van der Waals surface area contributed by atoms with Crippen LogP contribution in [0.3, 0.4) is 0 Å². The van der Waals surface area contributed by atoms with Crippen molar-refractivity contribution in [3.05, 3.63) is 82.3 Å². The van der Waals surface area contributed by atoms with Gasteiger partial charge in [0.1, 0.15) is 5.84 Å². The van der Waals surface area contributed by atoms with Gasteiger partial charge in [0.2, 0.25) is 5.91 Å². The average molecular weight is 467 g/mol. The molecule has 1 aliphatic heterocycles. The monoisotopic (exact) mass is 466 g/mol. The predicted molar refractivity (Wildman–Crippen MR) is 133 cm³/mol. The second kappa shape index (κ2) is 9.63. The summed E-state index contributed by atoms with van der Waals surface area (Å²) in [5, 5.41) is 12.2. The standard InChI is InChI=1S/C25H24Cl2N4O/c26-20-7-4-8-21(27)23(20)17-9-10-22(28)19(15-17)24(29)30-25(32)16-11-13-31(14-12-16)18-5-2-1-3-6-18/h1-10,15-16H,11-14,28H2,(H2,29,30,32). The zero-order chi connectivity index (χ0) is 22.7. The van der Waals surface area contributed by atoms with Gasteiger partial charge in [0, 0.05) is 51.6 Å². The van der Waals surface area contributed by atoms with Crippen LogP contribution in [0.1, 0.15) is 18.4 Å². The van der Waals surface area contributed by atoms with E-state index in [-0.39, 0.29) is 17.7 Å². The van der Waals surface area contributed by atoms with Crippen LogP contribution in [0.5, 0.6) is 0 Å². The van der Waals surface area contributed by atoms with Crippen LogP contribution in [0.4, 0.5) is 11.4 Å². The van der Waals surface area contributed by atoms with Crippen molar-refractivity contribution in [3.8, 4) is 11.1 Å². The summed E-state index contributed by atoms with van der Waals surface area (Å²) in [6.45, 7) is 1.61. The van der Waals surface area contributed by atoms with E-state index in [1.165, 1.54) is 5.69 Å². The van der Waals surface area contributed by atoms with Crippen molar-refractivity contribution in [1.29, 1.82) is 5.41 Å². The van der Waals surface area contributed by atoms with Crippen LogP contribution in [0, 0.1) is 11.3 Å². The second-order valence-corrected chi connectivity index (χ2v) is 8.67. The number of benzene rings is 3. The molecule has 1 heterocycles. The zero-order valence-electron chi connectivity index (χ0n) is 17.4. The maximum Gasteiger partial charge on any atom is 0.228 e. The summed E-state index contributed by atoms with van der Waals surface area (Å²) in [4.78, 5) is 15.1. The Balaban J connectivity index is 1.44. The van der Waals surface area contributed by atoms with E-state index in [4.69, 9.17) is 34.3 Å². The van der Waals surface area contributed by atoms with Gasteiger partial charge in [0.05, 0.1) is 0 Å². The third-order valence-corrected chi connectivity index (χ3v) is 6.44. The Morgan fingerprint density at radius 2 is 1.62 bits per heavy atom. The number of nitrogens with zero attached hydrogens (tertiary/aromatic N) is 1. The molecule has 3 aromatic carbocycles. The number of nitrogens with two attached hydrogens (primary N) is 1. The molecule has 32 heavy (non-hydrogen) atoms. The van der Waals surface area contributed by atoms with Crippen LogP contribution in [-0.4, -0.2) is 24.8 Å². The number of para-hydroxylation sites is 1. The average Bonchev–Trinajstić information content (AvgIpc) is 2.80. The first-order valence-electron chi connectivity index (χ1n) is 10.5. The summed E-state index contributed by atoms with van der Waals surface area (Å²) in [6.07, 6.45) is 1.47. The van der Waals surface area contributed by atoms with E-state index in [2.05, 4.69) is 22.3 Å². The van der Waals surface area contributed by atoms with Crippen LogP contribution < -0.4 is 16.0 Å². The van der Waals surface area contributed by atoms with E-state index in [0.717, 1.165) is 31.5 Å². The van der Waals surface area contributed by atoms with E-state index < -0.39 is 0 Å². The third-order valence-electron chi connectivity index (χ3n) is 5.81. The highest BCUT2D eigenvalue weighted by atomic mass is 35.5. The van der Waals surface area contributed by atoms with Crippen molar-refractivity contribution in [2.45, 2.75) is 12.8 Å². The van der Waals surface area contributed by atoms with E-state index in [1.54, 1.807) is 36.4 Å². The van der Waals surface area contributed by atoms with Gasteiger partial charge in [-0.2, -0.15) is 0 Å². The minimum atomic E-state index is -0.150. The molecule has 1 saturated heterocycles. The molecule has 0 unspecified atom stereocenters. The van der Waals surface area contributed by atoms with Crippen LogP contribution in [0.15, 0.2) is 66.7 Å². The number of carbonyl (C=O) groups excluding carboxylic acids is 1. The number of halogens is 2. The quantitative estimate of drug-likeness (QED) is 0.265. The fourth-order valence-electron chi connectivity index (χ4n) is 4.03. The smallest absolute Gasteiger partial charge is 0.228 e. The number of rotatable bonds is 4. The summed E-state index contributed by atoms with van der Waals surface area (Å²) in [6, 6.07) is 20.7. The maximum absolute atomic E-state index is 12.8. The topological polar surface area (TPSA) is 82.2 Å². The Morgan fingerprint density at radius 3 is 2.28 bits per heavy atom. The highest BCUT2D eigenvalue weighted by Gasteiger charge is 2.26. The molecule has 0 aliphatic carbocycles. The van der Waals surface area contributed by atoms with Gasteiger partial charge >= 0.3 is 0 Å². The first kappa shape index (κ1) is 22.2. The number of carbonyl (C=O) groups is 1. The summed E-state index contributed by atoms with van der Waals surface area (Å²) in [5.41, 5.74) is 9.53. The minimum Gasteiger partial charge on any atom is -0.398 e. The van der Waals surface area contributed by atoms with Crippen molar-refractivity contribution in [1.82, 2.24) is 5.32 Å². The number of anilines is 2. The molecular formula is C25H24Cl2N4O. The van der Waals surface area contributed by atoms with Gasteiger partial charge in [0.25, 0.3) is 0 Å². The summed E-state index contributed by atoms with van der Waals surface area (Å²) in [7, 11) is 0. The molecule has 5 nitrogen and oxygen atoms in total. The van der Waals surface area contributed by atoms with Gasteiger partial charge in [-0.15, -0.1) is 0 Å². The number of amides is 1. The second-order valence-electron chi connectivity index (χ2n) is 7.86. The van der Waals surface area contributed by atoms with Gasteiger partial charge in [0.15, 0.2) is 0 Å². The highest BCUT2D eigenvalue weighted by Crippen LogP contribution is 2.35. The maximum atomic E-state index is 12.8. The molecule has 0 atom stereocenters. The lowest BCUT2D eigenvalue weighted by Gasteiger charge is -2.33. The molecule has 1 aliphatic rings. The van der Waals surface area contributed by atoms with Gasteiger partial charge in [-0.3, -0.25) is 10.2 Å². The largest absolute Gasteiger partial charge is 0.398 e. The molecule has 3 aromatic rings. The Kier molecular flexibility index (Phi) is 6.68. The van der Waals surface area contributed by atoms with Crippen LogP contribution in [0.25, 0.3) is 11.1 Å². The summed E-state index contributed by atoms with van der Waals surface area (Å²) >= 11 is 12.7. The molecule has 0 aromatic heterocycles. The lowest BCUT2D eigenvalue weighted by molar-refractivity contribution is -0.124. The highest BCUT2D eigenvalue weighted by molar-refractivity contribution is 6.39. The van der Waals surface area contributed by atoms with E-state index in [9.17, 15) is 4.79 Å². The SMILES string of the molecule is N=C(NC(=O)C1CCN(c2ccccc2)CC1)c1cc(-c2c(Cl)cccc2Cl)ccc1N.